The Kier molecular flexibility index (Phi) is 6.49. The molecule has 2 heterocycles. The van der Waals surface area contributed by atoms with Gasteiger partial charge in [0.1, 0.15) is 17.3 Å². The molecular weight excluding hydrogens is 388 g/mol. The Bertz CT molecular complexity index is 916. The van der Waals surface area contributed by atoms with Crippen LogP contribution in [-0.4, -0.2) is 68.1 Å². The predicted octanol–water partition coefficient (Wildman–Crippen LogP) is 3.11. The molecule has 162 valence electrons. The fourth-order valence-corrected chi connectivity index (χ4v) is 3.43. The molecule has 9 heteroatoms. The summed E-state index contributed by atoms with van der Waals surface area (Å²) in [5, 5.41) is 2.89. The van der Waals surface area contributed by atoms with Crippen LogP contribution in [0.25, 0.3) is 0 Å². The molecule has 3 amide bonds. The summed E-state index contributed by atoms with van der Waals surface area (Å²) in [5.41, 5.74) is 0.933. The third-order valence-electron chi connectivity index (χ3n) is 5.20. The summed E-state index contributed by atoms with van der Waals surface area (Å²) < 4.78 is 16.3. The van der Waals surface area contributed by atoms with Gasteiger partial charge in [0.05, 0.1) is 19.9 Å². The van der Waals surface area contributed by atoms with Crippen LogP contribution in [0.2, 0.25) is 0 Å². The summed E-state index contributed by atoms with van der Waals surface area (Å²) in [5.74, 6) is 2.18. The standard InChI is InChI=1S/C21H28N4O5/c1-13-18(20(26)24(2)3)23-19(30-13)14-8-10-25(11-9-14)21(27)22-16-7-6-15(28-4)12-17(16)29-5/h6-7,12,14H,8-11H2,1-5H3,(H,22,27). The second-order valence-corrected chi connectivity index (χ2v) is 7.41. The number of rotatable bonds is 5. The van der Waals surface area contributed by atoms with Gasteiger partial charge >= 0.3 is 6.03 Å². The Morgan fingerprint density at radius 2 is 1.90 bits per heavy atom. The topological polar surface area (TPSA) is 97.1 Å². The first-order chi connectivity index (χ1) is 14.3. The average molecular weight is 416 g/mol. The average Bonchev–Trinajstić information content (AvgIpc) is 3.14. The van der Waals surface area contributed by atoms with Gasteiger partial charge in [-0.3, -0.25) is 4.79 Å². The first kappa shape index (κ1) is 21.5. The van der Waals surface area contributed by atoms with Gasteiger partial charge < -0.3 is 29.0 Å². The van der Waals surface area contributed by atoms with E-state index in [1.807, 2.05) is 0 Å². The molecule has 1 aliphatic heterocycles. The van der Waals surface area contributed by atoms with E-state index in [0.29, 0.717) is 60.5 Å². The van der Waals surface area contributed by atoms with Crippen molar-refractivity contribution in [3.05, 3.63) is 35.5 Å². The van der Waals surface area contributed by atoms with E-state index in [1.165, 1.54) is 4.90 Å². The summed E-state index contributed by atoms with van der Waals surface area (Å²) in [6, 6.07) is 5.05. The largest absolute Gasteiger partial charge is 0.497 e. The molecule has 9 nitrogen and oxygen atoms in total. The number of hydrogen-bond acceptors (Lipinski definition) is 6. The van der Waals surface area contributed by atoms with Crippen LogP contribution in [0.4, 0.5) is 10.5 Å². The van der Waals surface area contributed by atoms with Crippen LogP contribution in [0, 0.1) is 6.92 Å². The molecule has 1 fully saturated rings. The minimum absolute atomic E-state index is 0.0759. The molecule has 1 aromatic heterocycles. The molecule has 3 rings (SSSR count). The highest BCUT2D eigenvalue weighted by atomic mass is 16.5. The minimum atomic E-state index is -0.191. The second kappa shape index (κ2) is 9.06. The first-order valence-corrected chi connectivity index (χ1v) is 9.81. The first-order valence-electron chi connectivity index (χ1n) is 9.81. The molecule has 1 aliphatic rings. The maximum atomic E-state index is 12.7. The summed E-state index contributed by atoms with van der Waals surface area (Å²) >= 11 is 0. The Labute approximate surface area is 175 Å². The van der Waals surface area contributed by atoms with Crippen LogP contribution in [-0.2, 0) is 0 Å². The smallest absolute Gasteiger partial charge is 0.321 e. The van der Waals surface area contributed by atoms with Crippen molar-refractivity contribution in [2.75, 3.05) is 46.7 Å². The van der Waals surface area contributed by atoms with Gasteiger partial charge in [-0.05, 0) is 31.9 Å². The zero-order chi connectivity index (χ0) is 21.8. The van der Waals surface area contributed by atoms with Crippen LogP contribution >= 0.6 is 0 Å². The fraction of sp³-hybridized carbons (Fsp3) is 0.476. The highest BCUT2D eigenvalue weighted by Gasteiger charge is 2.29. The number of piperidine rings is 1. The molecule has 0 atom stereocenters. The number of carbonyl (C=O) groups is 2. The second-order valence-electron chi connectivity index (χ2n) is 7.41. The lowest BCUT2D eigenvalue weighted by molar-refractivity contribution is 0.0821. The van der Waals surface area contributed by atoms with E-state index in [0.717, 1.165) is 0 Å². The normalized spacial score (nSPS) is 14.4. The van der Waals surface area contributed by atoms with Crippen LogP contribution in [0.5, 0.6) is 11.5 Å². The highest BCUT2D eigenvalue weighted by Crippen LogP contribution is 2.31. The van der Waals surface area contributed by atoms with E-state index in [-0.39, 0.29) is 17.9 Å². The number of ether oxygens (including phenoxy) is 2. The Hall–Kier alpha value is -3.23. The van der Waals surface area contributed by atoms with Crippen molar-refractivity contribution >= 4 is 17.6 Å². The van der Waals surface area contributed by atoms with Crippen molar-refractivity contribution < 1.29 is 23.5 Å². The number of likely N-dealkylation sites (tertiary alicyclic amines) is 1. The number of nitrogens with zero attached hydrogens (tertiary/aromatic N) is 3. The van der Waals surface area contributed by atoms with Crippen LogP contribution < -0.4 is 14.8 Å². The van der Waals surface area contributed by atoms with Crippen molar-refractivity contribution in [3.63, 3.8) is 0 Å². The maximum Gasteiger partial charge on any atom is 0.321 e. The molecule has 0 saturated carbocycles. The van der Waals surface area contributed by atoms with Crippen LogP contribution in [0.1, 0.15) is 40.9 Å². The lowest BCUT2D eigenvalue weighted by Gasteiger charge is -2.30. The number of methoxy groups -OCH3 is 2. The van der Waals surface area contributed by atoms with E-state index >= 15 is 0 Å². The van der Waals surface area contributed by atoms with E-state index in [1.54, 1.807) is 58.3 Å². The van der Waals surface area contributed by atoms with Gasteiger partial charge in [-0.1, -0.05) is 0 Å². The quantitative estimate of drug-likeness (QED) is 0.804. The van der Waals surface area contributed by atoms with Gasteiger partial charge in [0.2, 0.25) is 0 Å². The van der Waals surface area contributed by atoms with Crippen molar-refractivity contribution in [2.24, 2.45) is 0 Å². The molecule has 0 radical (unpaired) electrons. The molecule has 0 bridgehead atoms. The van der Waals surface area contributed by atoms with E-state index in [9.17, 15) is 9.59 Å². The number of hydrogen-bond donors (Lipinski definition) is 1. The number of benzene rings is 1. The van der Waals surface area contributed by atoms with Gasteiger partial charge in [0.15, 0.2) is 11.6 Å². The van der Waals surface area contributed by atoms with Crippen molar-refractivity contribution in [1.82, 2.24) is 14.8 Å². The van der Waals surface area contributed by atoms with Crippen molar-refractivity contribution in [3.8, 4) is 11.5 Å². The zero-order valence-corrected chi connectivity index (χ0v) is 18.0. The predicted molar refractivity (Wildman–Crippen MR) is 111 cm³/mol. The summed E-state index contributed by atoms with van der Waals surface area (Å²) in [6.45, 7) is 2.87. The highest BCUT2D eigenvalue weighted by molar-refractivity contribution is 5.93. The number of urea groups is 1. The third kappa shape index (κ3) is 4.50. The van der Waals surface area contributed by atoms with Gasteiger partial charge in [-0.25, -0.2) is 9.78 Å². The zero-order valence-electron chi connectivity index (χ0n) is 18.0. The molecule has 1 N–H and O–H groups in total. The van der Waals surface area contributed by atoms with Gasteiger partial charge in [-0.15, -0.1) is 0 Å². The minimum Gasteiger partial charge on any atom is -0.497 e. The summed E-state index contributed by atoms with van der Waals surface area (Å²) in [7, 11) is 6.49. The lowest BCUT2D eigenvalue weighted by Crippen LogP contribution is -2.40. The number of carbonyl (C=O) groups excluding carboxylic acids is 2. The van der Waals surface area contributed by atoms with Gasteiger partial charge in [0, 0.05) is 39.2 Å². The summed E-state index contributed by atoms with van der Waals surface area (Å²) in [4.78, 5) is 32.5. The number of oxazole rings is 1. The lowest BCUT2D eigenvalue weighted by atomic mass is 9.97. The molecule has 2 aromatic rings. The molecule has 0 aliphatic carbocycles. The Balaban J connectivity index is 1.61. The summed E-state index contributed by atoms with van der Waals surface area (Å²) in [6.07, 6.45) is 1.42. The molecule has 0 spiro atoms. The van der Waals surface area contributed by atoms with Crippen molar-refractivity contribution in [1.29, 1.82) is 0 Å². The fourth-order valence-electron chi connectivity index (χ4n) is 3.43. The molecule has 30 heavy (non-hydrogen) atoms. The monoisotopic (exact) mass is 416 g/mol. The number of aromatic nitrogens is 1. The Morgan fingerprint density at radius 1 is 1.20 bits per heavy atom. The van der Waals surface area contributed by atoms with Gasteiger partial charge in [0.25, 0.3) is 5.91 Å². The van der Waals surface area contributed by atoms with Crippen molar-refractivity contribution in [2.45, 2.75) is 25.7 Å². The molecule has 1 saturated heterocycles. The molecule has 1 aromatic carbocycles. The number of aryl methyl sites for hydroxylation is 1. The number of nitrogens with one attached hydrogen (secondary N) is 1. The van der Waals surface area contributed by atoms with E-state index in [4.69, 9.17) is 13.9 Å². The SMILES string of the molecule is COc1ccc(NC(=O)N2CCC(c3nc(C(=O)N(C)C)c(C)o3)CC2)c(OC)c1. The third-order valence-corrected chi connectivity index (χ3v) is 5.20. The van der Waals surface area contributed by atoms with E-state index < -0.39 is 0 Å². The van der Waals surface area contributed by atoms with E-state index in [2.05, 4.69) is 10.3 Å². The van der Waals surface area contributed by atoms with Crippen LogP contribution in [0.3, 0.4) is 0 Å². The maximum absolute atomic E-state index is 12.7. The molecular formula is C21H28N4O5. The molecule has 0 unspecified atom stereocenters. The number of anilines is 1. The number of amides is 3. The Morgan fingerprint density at radius 3 is 2.50 bits per heavy atom. The van der Waals surface area contributed by atoms with Crippen LogP contribution in [0.15, 0.2) is 22.6 Å². The van der Waals surface area contributed by atoms with Gasteiger partial charge in [-0.2, -0.15) is 0 Å².